The van der Waals surface area contributed by atoms with E-state index in [1.165, 1.54) is 7.11 Å². The van der Waals surface area contributed by atoms with Gasteiger partial charge in [0, 0.05) is 0 Å². The summed E-state index contributed by atoms with van der Waals surface area (Å²) in [5.41, 5.74) is 2.09. The molecule has 0 saturated carbocycles. The van der Waals surface area contributed by atoms with Crippen molar-refractivity contribution in [2.24, 2.45) is 0 Å². The van der Waals surface area contributed by atoms with Crippen molar-refractivity contribution in [1.29, 1.82) is 0 Å². The van der Waals surface area contributed by atoms with Gasteiger partial charge in [0.1, 0.15) is 0 Å². The highest BCUT2D eigenvalue weighted by Gasteiger charge is 2.52. The molecule has 0 aliphatic carbocycles. The number of ether oxygens (including phenoxy) is 2. The Morgan fingerprint density at radius 2 is 1.87 bits per heavy atom. The quantitative estimate of drug-likeness (QED) is 0.614. The average molecular weight is 318 g/mol. The first-order valence-corrected chi connectivity index (χ1v) is 7.93. The summed E-state index contributed by atoms with van der Waals surface area (Å²) in [5.74, 6) is -0.378. The molecule has 5 nitrogen and oxygen atoms in total. The van der Waals surface area contributed by atoms with E-state index in [9.17, 15) is 4.79 Å². The second-order valence-electron chi connectivity index (χ2n) is 7.03. The summed E-state index contributed by atoms with van der Waals surface area (Å²) in [6.07, 6.45) is 0.0504. The standard InChI is InChI=1S/C17H23BO5/c1-16(2)17(3,4)23-18(22-16)13-8-6-7-12-11(13)9-10-21-14(12)15(19)20-5/h6-8,14H,9-10H2,1-5H3. The van der Waals surface area contributed by atoms with Gasteiger partial charge in [-0.05, 0) is 50.7 Å². The normalized spacial score (nSPS) is 25.1. The highest BCUT2D eigenvalue weighted by atomic mass is 16.7. The molecule has 1 fully saturated rings. The Morgan fingerprint density at radius 3 is 2.48 bits per heavy atom. The fourth-order valence-corrected chi connectivity index (χ4v) is 3.02. The van der Waals surface area contributed by atoms with Crippen LogP contribution in [0, 0.1) is 0 Å². The van der Waals surface area contributed by atoms with Crippen molar-refractivity contribution in [2.75, 3.05) is 13.7 Å². The Hall–Kier alpha value is -1.37. The summed E-state index contributed by atoms with van der Waals surface area (Å²) >= 11 is 0. The minimum atomic E-state index is -0.675. The van der Waals surface area contributed by atoms with Crippen molar-refractivity contribution in [3.05, 3.63) is 29.3 Å². The average Bonchev–Trinajstić information content (AvgIpc) is 2.73. The summed E-state index contributed by atoms with van der Waals surface area (Å²) in [6, 6.07) is 5.81. The molecular formula is C17H23BO5. The van der Waals surface area contributed by atoms with Crippen LogP contribution in [-0.4, -0.2) is 38.0 Å². The van der Waals surface area contributed by atoms with Crippen LogP contribution >= 0.6 is 0 Å². The van der Waals surface area contributed by atoms with Crippen molar-refractivity contribution in [1.82, 2.24) is 0 Å². The molecule has 2 aliphatic heterocycles. The van der Waals surface area contributed by atoms with Crippen LogP contribution in [0.4, 0.5) is 0 Å². The van der Waals surface area contributed by atoms with Gasteiger partial charge in [-0.2, -0.15) is 0 Å². The predicted octanol–water partition coefficient (Wildman–Crippen LogP) is 1.77. The van der Waals surface area contributed by atoms with Crippen LogP contribution in [0.25, 0.3) is 0 Å². The van der Waals surface area contributed by atoms with Crippen LogP contribution < -0.4 is 5.46 Å². The topological polar surface area (TPSA) is 54.0 Å². The van der Waals surface area contributed by atoms with Gasteiger partial charge in [0.05, 0.1) is 24.9 Å². The van der Waals surface area contributed by atoms with Crippen molar-refractivity contribution in [3.8, 4) is 0 Å². The molecule has 0 bridgehead atoms. The molecule has 0 spiro atoms. The van der Waals surface area contributed by atoms with E-state index in [1.807, 2.05) is 45.9 Å². The van der Waals surface area contributed by atoms with Crippen LogP contribution in [0.5, 0.6) is 0 Å². The zero-order chi connectivity index (χ0) is 16.8. The first kappa shape index (κ1) is 16.5. The minimum absolute atomic E-state index is 0.378. The van der Waals surface area contributed by atoms with Crippen LogP contribution in [0.1, 0.15) is 44.9 Å². The number of esters is 1. The third kappa shape index (κ3) is 2.69. The van der Waals surface area contributed by atoms with Gasteiger partial charge in [-0.15, -0.1) is 0 Å². The molecule has 1 aromatic carbocycles. The number of carbonyl (C=O) groups excluding carboxylic acids is 1. The Bertz CT molecular complexity index is 609. The second-order valence-corrected chi connectivity index (χ2v) is 7.03. The number of fused-ring (bicyclic) bond motifs is 1. The summed E-state index contributed by atoms with van der Waals surface area (Å²) in [6.45, 7) is 8.60. The van der Waals surface area contributed by atoms with Gasteiger partial charge in [-0.3, -0.25) is 0 Å². The molecule has 1 aromatic rings. The van der Waals surface area contributed by atoms with Crippen molar-refractivity contribution in [3.63, 3.8) is 0 Å². The van der Waals surface area contributed by atoms with Gasteiger partial charge < -0.3 is 18.8 Å². The number of benzene rings is 1. The lowest BCUT2D eigenvalue weighted by molar-refractivity contribution is -0.155. The zero-order valence-corrected chi connectivity index (χ0v) is 14.3. The number of hydrogen-bond donors (Lipinski definition) is 0. The molecule has 2 aliphatic rings. The summed E-state index contributed by atoms with van der Waals surface area (Å²) in [5, 5.41) is 0. The molecule has 1 saturated heterocycles. The predicted molar refractivity (Wildman–Crippen MR) is 86.6 cm³/mol. The lowest BCUT2D eigenvalue weighted by atomic mass is 9.73. The van der Waals surface area contributed by atoms with Crippen LogP contribution in [0.2, 0.25) is 0 Å². The van der Waals surface area contributed by atoms with Gasteiger partial charge in [-0.1, -0.05) is 18.2 Å². The maximum absolute atomic E-state index is 12.0. The van der Waals surface area contributed by atoms with Gasteiger partial charge in [0.2, 0.25) is 0 Å². The number of carbonyl (C=O) groups is 1. The Morgan fingerprint density at radius 1 is 1.22 bits per heavy atom. The minimum Gasteiger partial charge on any atom is -0.467 e. The fraction of sp³-hybridized carbons (Fsp3) is 0.588. The molecule has 1 unspecified atom stereocenters. The molecule has 124 valence electrons. The molecule has 1 atom stereocenters. The van der Waals surface area contributed by atoms with Gasteiger partial charge in [0.15, 0.2) is 6.10 Å². The highest BCUT2D eigenvalue weighted by molar-refractivity contribution is 6.62. The largest absolute Gasteiger partial charge is 0.495 e. The van der Waals surface area contributed by atoms with E-state index in [2.05, 4.69) is 0 Å². The molecule has 3 rings (SSSR count). The SMILES string of the molecule is COC(=O)C1OCCc2c(B3OC(C)(C)C(C)(C)O3)cccc21. The van der Waals surface area contributed by atoms with Crippen LogP contribution in [-0.2, 0) is 30.0 Å². The van der Waals surface area contributed by atoms with E-state index >= 15 is 0 Å². The van der Waals surface area contributed by atoms with E-state index in [0.717, 1.165) is 23.0 Å². The monoisotopic (exact) mass is 318 g/mol. The zero-order valence-electron chi connectivity index (χ0n) is 14.3. The van der Waals surface area contributed by atoms with E-state index in [4.69, 9.17) is 18.8 Å². The molecule has 0 amide bonds. The number of rotatable bonds is 2. The number of methoxy groups -OCH3 is 1. The van der Waals surface area contributed by atoms with Crippen LogP contribution in [0.3, 0.4) is 0 Å². The lowest BCUT2D eigenvalue weighted by Gasteiger charge is -2.32. The van der Waals surface area contributed by atoms with Crippen molar-refractivity contribution in [2.45, 2.75) is 51.4 Å². The first-order chi connectivity index (χ1) is 10.8. The molecule has 6 heteroatoms. The third-order valence-electron chi connectivity index (χ3n) is 5.09. The van der Waals surface area contributed by atoms with Crippen LogP contribution in [0.15, 0.2) is 18.2 Å². The molecule has 23 heavy (non-hydrogen) atoms. The fourth-order valence-electron chi connectivity index (χ4n) is 3.02. The van der Waals surface area contributed by atoms with E-state index in [1.54, 1.807) is 0 Å². The van der Waals surface area contributed by atoms with Crippen molar-refractivity contribution < 1.29 is 23.6 Å². The third-order valence-corrected chi connectivity index (χ3v) is 5.09. The molecular weight excluding hydrogens is 295 g/mol. The number of hydrogen-bond acceptors (Lipinski definition) is 5. The lowest BCUT2D eigenvalue weighted by Crippen LogP contribution is -2.41. The van der Waals surface area contributed by atoms with E-state index in [-0.39, 0.29) is 5.97 Å². The maximum atomic E-state index is 12.0. The molecule has 0 aromatic heterocycles. The van der Waals surface area contributed by atoms with E-state index in [0.29, 0.717) is 6.61 Å². The van der Waals surface area contributed by atoms with Crippen molar-refractivity contribution >= 4 is 18.6 Å². The Labute approximate surface area is 137 Å². The van der Waals surface area contributed by atoms with E-state index < -0.39 is 24.4 Å². The molecule has 0 N–H and O–H groups in total. The smallest absolute Gasteiger partial charge is 0.467 e. The summed E-state index contributed by atoms with van der Waals surface area (Å²) in [7, 11) is 0.935. The van der Waals surface area contributed by atoms with Gasteiger partial charge >= 0.3 is 13.1 Å². The highest BCUT2D eigenvalue weighted by Crippen LogP contribution is 2.37. The Balaban J connectivity index is 1.99. The van der Waals surface area contributed by atoms with Gasteiger partial charge in [-0.25, -0.2) is 4.79 Å². The summed E-state index contributed by atoms with van der Waals surface area (Å²) in [4.78, 5) is 12.0. The molecule has 2 heterocycles. The Kier molecular flexibility index (Phi) is 4.03. The maximum Gasteiger partial charge on any atom is 0.495 e. The molecule has 0 radical (unpaired) electrons. The van der Waals surface area contributed by atoms with Gasteiger partial charge in [0.25, 0.3) is 0 Å². The second kappa shape index (κ2) is 5.62. The summed E-state index contributed by atoms with van der Waals surface area (Å²) < 4.78 is 22.8. The first-order valence-electron chi connectivity index (χ1n) is 7.93.